The normalized spacial score (nSPS) is 12.5. The Morgan fingerprint density at radius 3 is 3.00 bits per heavy atom. The summed E-state index contributed by atoms with van der Waals surface area (Å²) in [5, 5.41) is 0. The maximum Gasteiger partial charge on any atom is 0.125 e. The Bertz CT molecular complexity index is 276. The Kier molecular flexibility index (Phi) is 4.40. The molecule has 3 nitrogen and oxygen atoms in total. The number of aromatic nitrogens is 1. The number of hydrogen-bond donors (Lipinski definition) is 1. The van der Waals surface area contributed by atoms with Crippen LogP contribution < -0.4 is 10.5 Å². The first kappa shape index (κ1) is 11.0. The van der Waals surface area contributed by atoms with Crippen molar-refractivity contribution in [3.05, 3.63) is 24.0 Å². The van der Waals surface area contributed by atoms with Gasteiger partial charge in [-0.2, -0.15) is 0 Å². The largest absolute Gasteiger partial charge is 0.493 e. The van der Waals surface area contributed by atoms with Crippen LogP contribution in [0.3, 0.4) is 0 Å². The predicted molar refractivity (Wildman–Crippen MR) is 57.3 cm³/mol. The van der Waals surface area contributed by atoms with E-state index in [1.807, 2.05) is 19.2 Å². The molecule has 1 aromatic rings. The molecule has 0 amide bonds. The van der Waals surface area contributed by atoms with Crippen LogP contribution in [0, 0.1) is 5.92 Å². The molecule has 1 heterocycles. The zero-order valence-corrected chi connectivity index (χ0v) is 8.86. The first-order chi connectivity index (χ1) is 6.77. The number of pyridine rings is 1. The second-order valence-corrected chi connectivity index (χ2v) is 3.46. The Morgan fingerprint density at radius 2 is 2.36 bits per heavy atom. The third-order valence-electron chi connectivity index (χ3n) is 2.13. The Morgan fingerprint density at radius 1 is 1.57 bits per heavy atom. The van der Waals surface area contributed by atoms with Crippen LogP contribution in [0.15, 0.2) is 18.5 Å². The summed E-state index contributed by atoms with van der Waals surface area (Å²) in [6.45, 7) is 5.49. The van der Waals surface area contributed by atoms with E-state index in [9.17, 15) is 0 Å². The van der Waals surface area contributed by atoms with E-state index >= 15 is 0 Å². The molecule has 0 fully saturated rings. The van der Waals surface area contributed by atoms with E-state index in [1.54, 1.807) is 6.20 Å². The van der Waals surface area contributed by atoms with Crippen LogP contribution in [0.1, 0.15) is 19.4 Å². The van der Waals surface area contributed by atoms with Gasteiger partial charge in [-0.1, -0.05) is 6.92 Å². The van der Waals surface area contributed by atoms with Crippen LogP contribution in [-0.4, -0.2) is 18.1 Å². The van der Waals surface area contributed by atoms with Gasteiger partial charge in [-0.25, -0.2) is 0 Å². The van der Waals surface area contributed by atoms with Crippen LogP contribution >= 0.6 is 0 Å². The summed E-state index contributed by atoms with van der Waals surface area (Å²) in [6.07, 6.45) is 4.54. The average molecular weight is 194 g/mol. The molecule has 1 rings (SSSR count). The van der Waals surface area contributed by atoms with E-state index in [-0.39, 0.29) is 0 Å². The van der Waals surface area contributed by atoms with Crippen molar-refractivity contribution in [3.8, 4) is 5.75 Å². The van der Waals surface area contributed by atoms with E-state index in [1.165, 1.54) is 0 Å². The fraction of sp³-hybridized carbons (Fsp3) is 0.545. The molecular weight excluding hydrogens is 176 g/mol. The summed E-state index contributed by atoms with van der Waals surface area (Å²) in [5.41, 5.74) is 6.73. The summed E-state index contributed by atoms with van der Waals surface area (Å²) < 4.78 is 5.50. The highest BCUT2D eigenvalue weighted by molar-refractivity contribution is 5.30. The first-order valence-electron chi connectivity index (χ1n) is 5.03. The Hall–Kier alpha value is -1.09. The van der Waals surface area contributed by atoms with Crippen molar-refractivity contribution in [2.75, 3.05) is 13.2 Å². The molecule has 0 saturated heterocycles. The van der Waals surface area contributed by atoms with Gasteiger partial charge >= 0.3 is 0 Å². The molecule has 0 aliphatic heterocycles. The van der Waals surface area contributed by atoms with Crippen molar-refractivity contribution in [1.82, 2.24) is 4.98 Å². The van der Waals surface area contributed by atoms with Gasteiger partial charge in [-0.15, -0.1) is 0 Å². The molecule has 0 radical (unpaired) electrons. The minimum atomic E-state index is 0.471. The van der Waals surface area contributed by atoms with Crippen LogP contribution in [0.4, 0.5) is 0 Å². The summed E-state index contributed by atoms with van der Waals surface area (Å²) in [7, 11) is 0. The van der Waals surface area contributed by atoms with Crippen LogP contribution in [0.5, 0.6) is 5.75 Å². The predicted octanol–water partition coefficient (Wildman–Crippen LogP) is 1.62. The molecule has 1 aromatic heterocycles. The first-order valence-corrected chi connectivity index (χ1v) is 5.03. The molecule has 0 spiro atoms. The molecule has 0 aliphatic rings. The fourth-order valence-electron chi connectivity index (χ4n) is 1.32. The van der Waals surface area contributed by atoms with Crippen LogP contribution in [0.2, 0.25) is 0 Å². The molecule has 14 heavy (non-hydrogen) atoms. The minimum absolute atomic E-state index is 0.471. The van der Waals surface area contributed by atoms with Crippen LogP contribution in [0.25, 0.3) is 0 Å². The van der Waals surface area contributed by atoms with Crippen molar-refractivity contribution in [1.29, 1.82) is 0 Å². The van der Waals surface area contributed by atoms with Crippen molar-refractivity contribution in [2.45, 2.75) is 20.3 Å². The third-order valence-corrected chi connectivity index (χ3v) is 2.13. The molecule has 0 bridgehead atoms. The van der Waals surface area contributed by atoms with Gasteiger partial charge in [0.25, 0.3) is 0 Å². The molecule has 1 unspecified atom stereocenters. The monoisotopic (exact) mass is 194 g/mol. The summed E-state index contributed by atoms with van der Waals surface area (Å²) in [5.74, 6) is 1.40. The molecule has 78 valence electrons. The SMILES string of the molecule is CCOc1ccncc1CC(C)CN. The van der Waals surface area contributed by atoms with Gasteiger partial charge in [0.2, 0.25) is 0 Å². The van der Waals surface area contributed by atoms with E-state index in [4.69, 9.17) is 10.5 Å². The van der Waals surface area contributed by atoms with E-state index in [0.717, 1.165) is 17.7 Å². The average Bonchev–Trinajstić information content (AvgIpc) is 2.21. The zero-order chi connectivity index (χ0) is 10.4. The van der Waals surface area contributed by atoms with Crippen molar-refractivity contribution < 1.29 is 4.74 Å². The van der Waals surface area contributed by atoms with Gasteiger partial charge in [-0.05, 0) is 31.9 Å². The minimum Gasteiger partial charge on any atom is -0.493 e. The quantitative estimate of drug-likeness (QED) is 0.774. The maximum absolute atomic E-state index is 5.58. The third kappa shape index (κ3) is 3.00. The number of nitrogens with two attached hydrogens (primary N) is 1. The van der Waals surface area contributed by atoms with Crippen LogP contribution in [-0.2, 0) is 6.42 Å². The lowest BCUT2D eigenvalue weighted by atomic mass is 10.0. The molecule has 3 heteroatoms. The number of rotatable bonds is 5. The van der Waals surface area contributed by atoms with E-state index in [2.05, 4.69) is 11.9 Å². The maximum atomic E-state index is 5.58. The second kappa shape index (κ2) is 5.60. The van der Waals surface area contributed by atoms with Gasteiger partial charge < -0.3 is 10.5 Å². The number of hydrogen-bond acceptors (Lipinski definition) is 3. The molecule has 1 atom stereocenters. The smallest absolute Gasteiger partial charge is 0.125 e. The number of ether oxygens (including phenoxy) is 1. The van der Waals surface area contributed by atoms with E-state index < -0.39 is 0 Å². The highest BCUT2D eigenvalue weighted by atomic mass is 16.5. The van der Waals surface area contributed by atoms with Crippen molar-refractivity contribution >= 4 is 0 Å². The highest BCUT2D eigenvalue weighted by Gasteiger charge is 2.06. The second-order valence-electron chi connectivity index (χ2n) is 3.46. The van der Waals surface area contributed by atoms with Gasteiger partial charge in [0.1, 0.15) is 5.75 Å². The lowest BCUT2D eigenvalue weighted by Gasteiger charge is -2.12. The molecule has 2 N–H and O–H groups in total. The molecule has 0 aromatic carbocycles. The van der Waals surface area contributed by atoms with E-state index in [0.29, 0.717) is 19.1 Å². The van der Waals surface area contributed by atoms with Crippen molar-refractivity contribution in [3.63, 3.8) is 0 Å². The summed E-state index contributed by atoms with van der Waals surface area (Å²) in [6, 6.07) is 1.90. The topological polar surface area (TPSA) is 48.1 Å². The number of nitrogens with zero attached hydrogens (tertiary/aromatic N) is 1. The van der Waals surface area contributed by atoms with Gasteiger partial charge in [0, 0.05) is 18.0 Å². The summed E-state index contributed by atoms with van der Waals surface area (Å²) in [4.78, 5) is 4.09. The molecule has 0 saturated carbocycles. The van der Waals surface area contributed by atoms with Gasteiger partial charge in [-0.3, -0.25) is 4.98 Å². The van der Waals surface area contributed by atoms with Crippen molar-refractivity contribution in [2.24, 2.45) is 11.7 Å². The fourth-order valence-corrected chi connectivity index (χ4v) is 1.32. The zero-order valence-electron chi connectivity index (χ0n) is 8.86. The highest BCUT2D eigenvalue weighted by Crippen LogP contribution is 2.19. The Labute approximate surface area is 85.3 Å². The lowest BCUT2D eigenvalue weighted by molar-refractivity contribution is 0.334. The molecular formula is C11H18N2O. The summed E-state index contributed by atoms with van der Waals surface area (Å²) >= 11 is 0. The molecule has 0 aliphatic carbocycles. The van der Waals surface area contributed by atoms with Gasteiger partial charge in [0.05, 0.1) is 6.61 Å². The lowest BCUT2D eigenvalue weighted by Crippen LogP contribution is -2.13. The standard InChI is InChI=1S/C11H18N2O/c1-3-14-11-4-5-13-8-10(11)6-9(2)7-12/h4-5,8-9H,3,6-7,12H2,1-2H3. The van der Waals surface area contributed by atoms with Gasteiger partial charge in [0.15, 0.2) is 0 Å². The Balaban J connectivity index is 2.73.